The average Bonchev–Trinajstić information content (AvgIpc) is 3.48. The van der Waals surface area contributed by atoms with Crippen LogP contribution in [0.2, 0.25) is 5.02 Å². The number of carbonyl (C=O) groups is 3. The molecule has 0 spiro atoms. The van der Waals surface area contributed by atoms with Gasteiger partial charge in [0.25, 0.3) is 11.8 Å². The van der Waals surface area contributed by atoms with Crippen molar-refractivity contribution >= 4 is 52.2 Å². The van der Waals surface area contributed by atoms with Gasteiger partial charge in [0.15, 0.2) is 5.69 Å². The number of anilines is 2. The van der Waals surface area contributed by atoms with E-state index in [0.717, 1.165) is 25.7 Å². The molecule has 3 aromatic rings. The normalized spacial score (nSPS) is 14.5. The Morgan fingerprint density at radius 3 is 2.29 bits per heavy atom. The summed E-state index contributed by atoms with van der Waals surface area (Å²) in [5.41, 5.74) is 11.7. The lowest BCUT2D eigenvalue weighted by molar-refractivity contribution is -0.123. The first-order valence-electron chi connectivity index (χ1n) is 11.0. The van der Waals surface area contributed by atoms with E-state index in [4.69, 9.17) is 23.1 Å². The molecule has 0 radical (unpaired) electrons. The Morgan fingerprint density at radius 1 is 1.09 bits per heavy atom. The van der Waals surface area contributed by atoms with Crippen LogP contribution in [-0.4, -0.2) is 28.1 Å². The summed E-state index contributed by atoms with van der Waals surface area (Å²) in [7, 11) is 0. The SMILES string of the molecule is NC(=O)c1nsc(C(=O)N(c2ccc(Cl)cc2)[C@@H](C(=O)NC2CCCC2)c2ccc(F)cc2)c1N. The lowest BCUT2D eigenvalue weighted by Gasteiger charge is -2.32. The molecule has 1 atom stereocenters. The molecule has 1 aliphatic carbocycles. The highest BCUT2D eigenvalue weighted by Gasteiger charge is 2.37. The molecule has 1 saturated carbocycles. The first-order valence-corrected chi connectivity index (χ1v) is 12.1. The van der Waals surface area contributed by atoms with Crippen LogP contribution in [0.5, 0.6) is 0 Å². The van der Waals surface area contributed by atoms with E-state index in [1.807, 2.05) is 0 Å². The van der Waals surface area contributed by atoms with Gasteiger partial charge in [-0.1, -0.05) is 36.6 Å². The average molecular weight is 516 g/mol. The van der Waals surface area contributed by atoms with E-state index in [-0.39, 0.29) is 22.3 Å². The third-order valence-electron chi connectivity index (χ3n) is 5.87. The Bertz CT molecular complexity index is 1240. The molecule has 1 fully saturated rings. The molecule has 0 saturated heterocycles. The van der Waals surface area contributed by atoms with Crippen molar-refractivity contribution in [3.05, 3.63) is 75.5 Å². The van der Waals surface area contributed by atoms with Crippen LogP contribution in [0, 0.1) is 5.82 Å². The topological polar surface area (TPSA) is 131 Å². The Balaban J connectivity index is 1.84. The van der Waals surface area contributed by atoms with E-state index >= 15 is 0 Å². The van der Waals surface area contributed by atoms with E-state index in [1.54, 1.807) is 24.3 Å². The van der Waals surface area contributed by atoms with Gasteiger partial charge in [-0.15, -0.1) is 0 Å². The van der Waals surface area contributed by atoms with Crippen molar-refractivity contribution in [3.63, 3.8) is 0 Å². The van der Waals surface area contributed by atoms with Gasteiger partial charge in [0.05, 0.1) is 5.69 Å². The molecule has 0 aliphatic heterocycles. The monoisotopic (exact) mass is 515 g/mol. The van der Waals surface area contributed by atoms with Crippen molar-refractivity contribution in [1.29, 1.82) is 0 Å². The molecule has 0 unspecified atom stereocenters. The second-order valence-electron chi connectivity index (χ2n) is 8.23. The van der Waals surface area contributed by atoms with Gasteiger partial charge in [-0.2, -0.15) is 4.37 Å². The van der Waals surface area contributed by atoms with Gasteiger partial charge in [0, 0.05) is 16.8 Å². The summed E-state index contributed by atoms with van der Waals surface area (Å²) in [6.07, 6.45) is 3.67. The quantitative estimate of drug-likeness (QED) is 0.436. The third kappa shape index (κ3) is 5.28. The Morgan fingerprint density at radius 2 is 1.71 bits per heavy atom. The summed E-state index contributed by atoms with van der Waals surface area (Å²) in [4.78, 5) is 40.4. The smallest absolute Gasteiger partial charge is 0.273 e. The van der Waals surface area contributed by atoms with Crippen molar-refractivity contribution in [1.82, 2.24) is 9.69 Å². The predicted molar refractivity (Wildman–Crippen MR) is 133 cm³/mol. The number of hydrogen-bond donors (Lipinski definition) is 3. The molecule has 4 rings (SSSR count). The van der Waals surface area contributed by atoms with Crippen molar-refractivity contribution in [2.75, 3.05) is 10.6 Å². The molecule has 1 heterocycles. The maximum Gasteiger partial charge on any atom is 0.273 e. The lowest BCUT2D eigenvalue weighted by atomic mass is 10.0. The number of nitrogens with zero attached hydrogens (tertiary/aromatic N) is 2. The number of nitrogen functional groups attached to an aromatic ring is 1. The summed E-state index contributed by atoms with van der Waals surface area (Å²) in [6, 6.07) is 10.5. The predicted octanol–water partition coefficient (Wildman–Crippen LogP) is 4.06. The van der Waals surface area contributed by atoms with Crippen LogP contribution in [0.4, 0.5) is 15.8 Å². The van der Waals surface area contributed by atoms with E-state index in [9.17, 15) is 18.8 Å². The second kappa shape index (κ2) is 10.4. The summed E-state index contributed by atoms with van der Waals surface area (Å²) >= 11 is 6.78. The first-order chi connectivity index (χ1) is 16.8. The molecule has 2 aromatic carbocycles. The fraction of sp³-hybridized carbons (Fsp3) is 0.250. The first kappa shape index (κ1) is 24.6. The molecular weight excluding hydrogens is 493 g/mol. The van der Waals surface area contributed by atoms with Crippen molar-refractivity contribution in [2.24, 2.45) is 5.73 Å². The maximum absolute atomic E-state index is 13.9. The molecule has 182 valence electrons. The van der Waals surface area contributed by atoms with E-state index < -0.39 is 29.6 Å². The molecule has 8 nitrogen and oxygen atoms in total. The van der Waals surface area contributed by atoms with E-state index in [1.165, 1.54) is 29.2 Å². The van der Waals surface area contributed by atoms with Crippen LogP contribution in [-0.2, 0) is 4.79 Å². The Hall–Kier alpha value is -3.50. The lowest BCUT2D eigenvalue weighted by Crippen LogP contribution is -2.46. The van der Waals surface area contributed by atoms with Gasteiger partial charge in [0.2, 0.25) is 5.91 Å². The Labute approximate surface area is 210 Å². The highest BCUT2D eigenvalue weighted by molar-refractivity contribution is 7.09. The van der Waals surface area contributed by atoms with Crippen molar-refractivity contribution in [2.45, 2.75) is 37.8 Å². The molecule has 35 heavy (non-hydrogen) atoms. The van der Waals surface area contributed by atoms with Crippen LogP contribution < -0.4 is 21.7 Å². The zero-order valence-corrected chi connectivity index (χ0v) is 20.1. The third-order valence-corrected chi connectivity index (χ3v) is 6.98. The molecule has 11 heteroatoms. The number of amides is 3. The zero-order chi connectivity index (χ0) is 25.1. The van der Waals surface area contributed by atoms with E-state index in [0.29, 0.717) is 27.8 Å². The number of nitrogens with two attached hydrogens (primary N) is 2. The van der Waals surface area contributed by atoms with Gasteiger partial charge >= 0.3 is 0 Å². The van der Waals surface area contributed by atoms with Gasteiger partial charge in [0.1, 0.15) is 16.7 Å². The number of primary amides is 1. The number of benzene rings is 2. The number of halogens is 2. The Kier molecular flexibility index (Phi) is 7.32. The summed E-state index contributed by atoms with van der Waals surface area (Å²) in [5.74, 6) is -2.44. The highest BCUT2D eigenvalue weighted by Crippen LogP contribution is 2.34. The van der Waals surface area contributed by atoms with Crippen LogP contribution in [0.3, 0.4) is 0 Å². The molecular formula is C24H23ClFN5O3S. The van der Waals surface area contributed by atoms with Gasteiger partial charge in [-0.25, -0.2) is 4.39 Å². The van der Waals surface area contributed by atoms with Crippen molar-refractivity contribution in [3.8, 4) is 0 Å². The molecule has 1 aliphatic rings. The zero-order valence-electron chi connectivity index (χ0n) is 18.5. The molecule has 5 N–H and O–H groups in total. The van der Waals surface area contributed by atoms with Crippen LogP contribution >= 0.6 is 23.1 Å². The van der Waals surface area contributed by atoms with Crippen molar-refractivity contribution < 1.29 is 18.8 Å². The van der Waals surface area contributed by atoms with Crippen LogP contribution in [0.25, 0.3) is 0 Å². The molecule has 3 amide bonds. The molecule has 1 aromatic heterocycles. The van der Waals surface area contributed by atoms with Gasteiger partial charge < -0.3 is 16.8 Å². The minimum absolute atomic E-state index is 0.0254. The fourth-order valence-electron chi connectivity index (χ4n) is 4.14. The number of aromatic nitrogens is 1. The summed E-state index contributed by atoms with van der Waals surface area (Å²) in [6.45, 7) is 0. The standard InChI is InChI=1S/C24H23ClFN5O3S/c25-14-7-11-17(12-8-14)31(24(34)21-18(27)19(22(28)32)30-35-21)20(13-5-9-15(26)10-6-13)23(33)29-16-3-1-2-4-16/h5-12,16,20H,1-4,27H2,(H2,28,32)(H,29,33)/t20-/m1/s1. The number of rotatable bonds is 7. The highest BCUT2D eigenvalue weighted by atomic mass is 35.5. The fourth-order valence-corrected chi connectivity index (χ4v) is 5.01. The number of carbonyl (C=O) groups excluding carboxylic acids is 3. The minimum Gasteiger partial charge on any atom is -0.395 e. The second-order valence-corrected chi connectivity index (χ2v) is 9.44. The minimum atomic E-state index is -1.16. The molecule has 0 bridgehead atoms. The number of nitrogens with one attached hydrogen (secondary N) is 1. The summed E-state index contributed by atoms with van der Waals surface area (Å²) < 4.78 is 17.7. The number of hydrogen-bond acceptors (Lipinski definition) is 6. The van der Waals surface area contributed by atoms with Gasteiger partial charge in [-0.05, 0) is 66.3 Å². The van der Waals surface area contributed by atoms with E-state index in [2.05, 4.69) is 9.69 Å². The maximum atomic E-state index is 13.9. The van der Waals surface area contributed by atoms with Crippen LogP contribution in [0.1, 0.15) is 57.4 Å². The largest absolute Gasteiger partial charge is 0.395 e. The van der Waals surface area contributed by atoms with Gasteiger partial charge in [-0.3, -0.25) is 19.3 Å². The summed E-state index contributed by atoms with van der Waals surface area (Å²) in [5, 5.41) is 3.46. The van der Waals surface area contributed by atoms with Crippen LogP contribution in [0.15, 0.2) is 48.5 Å².